The molecule has 0 N–H and O–H groups in total. The van der Waals surface area contributed by atoms with E-state index in [9.17, 15) is 10.5 Å². The minimum absolute atomic E-state index is 0.0670. The normalized spacial score (nSPS) is 13.8. The summed E-state index contributed by atoms with van der Waals surface area (Å²) in [6.45, 7) is 27.8. The van der Waals surface area contributed by atoms with E-state index in [4.69, 9.17) is 0 Å². The minimum Gasteiger partial charge on any atom is -0.192 e. The van der Waals surface area contributed by atoms with Gasteiger partial charge in [0.25, 0.3) is 0 Å². The second-order valence-electron chi connectivity index (χ2n) is 36.0. The SMILES string of the molecule is Brc1ccc(-c2ccc(Br)c3ccccc23)c2ccccc12.CC(C)(C)c1ccc2c(-c3cc(C(C)(C)C)cc4cc(C(C)(C)C)ccc34)cc(C(C)(C)C)cc2c1.N#Cc1ccc(-c2ccc(C#N)c3ccccc23)c2ccccc12.c1ccc2c(C3CCCCC3)ccc(-c3ccc(C4CCCCC4)c4ccccc34)c2c1. The maximum absolute atomic E-state index is 9.35. The molecule has 16 aromatic rings. The third-order valence-corrected chi connectivity index (χ3v) is 25.7. The van der Waals surface area contributed by atoms with Crippen molar-refractivity contribution in [1.29, 1.82) is 10.5 Å². The van der Waals surface area contributed by atoms with Gasteiger partial charge >= 0.3 is 0 Å². The van der Waals surface area contributed by atoms with Gasteiger partial charge in [-0.3, -0.25) is 0 Å². The molecule has 2 nitrogen and oxygen atoms in total. The van der Waals surface area contributed by atoms with E-state index in [1.165, 1.54) is 184 Å². The molecule has 0 spiro atoms. The van der Waals surface area contributed by atoms with Crippen LogP contribution >= 0.6 is 31.9 Å². The summed E-state index contributed by atoms with van der Waals surface area (Å²) < 4.78 is 2.27. The first-order chi connectivity index (χ1) is 54.8. The molecule has 16 aromatic carbocycles. The average molecular weight is 1610 g/mol. The van der Waals surface area contributed by atoms with E-state index >= 15 is 0 Å². The van der Waals surface area contributed by atoms with Crippen molar-refractivity contribution in [1.82, 2.24) is 0 Å². The second kappa shape index (κ2) is 32.8. The van der Waals surface area contributed by atoms with Gasteiger partial charge in [-0.2, -0.15) is 10.5 Å². The summed E-state index contributed by atoms with van der Waals surface area (Å²) in [5, 5.41) is 38.9. The Bertz CT molecular complexity index is 6010. The molecule has 18 rings (SSSR count). The number of fused-ring (bicyclic) bond motifs is 8. The Balaban J connectivity index is 0.000000122. The Labute approximate surface area is 693 Å². The fourth-order valence-electron chi connectivity index (χ4n) is 17.9. The molecular weight excluding hydrogens is 1510 g/mol. The zero-order valence-corrected chi connectivity index (χ0v) is 71.6. The summed E-state index contributed by atoms with van der Waals surface area (Å²) in [5.74, 6) is 1.46. The molecule has 0 aromatic heterocycles. The van der Waals surface area contributed by atoms with Gasteiger partial charge in [-0.25, -0.2) is 0 Å². The Morgan fingerprint density at radius 3 is 0.798 bits per heavy atom. The first-order valence-corrected chi connectivity index (χ1v) is 42.8. The lowest BCUT2D eigenvalue weighted by Gasteiger charge is -2.26. The van der Waals surface area contributed by atoms with Crippen molar-refractivity contribution in [3.05, 3.63) is 333 Å². The van der Waals surface area contributed by atoms with Crippen LogP contribution in [0.15, 0.2) is 288 Å². The van der Waals surface area contributed by atoms with Crippen LogP contribution in [0, 0.1) is 22.7 Å². The van der Waals surface area contributed by atoms with E-state index in [0.717, 1.165) is 53.5 Å². The molecule has 568 valence electrons. The molecule has 0 heterocycles. The van der Waals surface area contributed by atoms with Crippen LogP contribution in [0.2, 0.25) is 0 Å². The van der Waals surface area contributed by atoms with Crippen molar-refractivity contribution >= 4 is 118 Å². The molecule has 0 radical (unpaired) electrons. The fraction of sp³-hybridized carbons (Fsp3) is 0.255. The van der Waals surface area contributed by atoms with Crippen molar-refractivity contribution in [3.63, 3.8) is 0 Å². The maximum Gasteiger partial charge on any atom is 0.0998 e. The van der Waals surface area contributed by atoms with Crippen molar-refractivity contribution in [3.8, 4) is 56.6 Å². The Morgan fingerprint density at radius 1 is 0.237 bits per heavy atom. The van der Waals surface area contributed by atoms with Crippen LogP contribution in [0.4, 0.5) is 0 Å². The standard InChI is InChI=1S/C36H46.C32H34.C22H12N2.C20H12Br2/c1-33(2,3)25-13-15-29-23(17-25)19-27(35(7,8)9)21-31(29)32-22-28(36(10,11)12)20-24-18-26(34(4,5)6)14-16-30(24)32;1-3-11-23(12-4-1)25-19-21-31(29-17-9-7-15-27(25)29)32-22-20-26(24-13-5-2-6-14-24)28-16-8-10-18-30(28)32;23-13-15-9-11-21(19-7-3-1-5-17(15)19)22-12-10-16(14-24)18-6-2-4-8-20(18)22;21-19-11-9-15(13-5-1-3-7-17(13)19)16-10-12-20(22)18-8-4-2-6-14(16)18/h13-22H,1-12H3;7-10,15-24H,1-6,11-14H2;1-12H;1-12H. The van der Waals surface area contributed by atoms with Gasteiger partial charge in [0.1, 0.15) is 0 Å². The highest BCUT2D eigenvalue weighted by Crippen LogP contribution is 2.48. The lowest BCUT2D eigenvalue weighted by atomic mass is 9.78. The van der Waals surface area contributed by atoms with Crippen LogP contribution in [0.3, 0.4) is 0 Å². The molecule has 2 aliphatic carbocycles. The monoisotopic (exact) mass is 1610 g/mol. The first-order valence-electron chi connectivity index (χ1n) is 41.2. The molecule has 0 amide bonds. The smallest absolute Gasteiger partial charge is 0.0998 e. The Hall–Kier alpha value is -10.5. The van der Waals surface area contributed by atoms with E-state index in [1.807, 2.05) is 72.8 Å². The second-order valence-corrected chi connectivity index (χ2v) is 37.7. The first kappa shape index (κ1) is 78.8. The average Bonchev–Trinajstić information content (AvgIpc) is 0.751. The molecule has 4 heteroatoms. The molecule has 0 saturated heterocycles. The Morgan fingerprint density at radius 2 is 0.491 bits per heavy atom. The number of rotatable bonds is 6. The highest BCUT2D eigenvalue weighted by molar-refractivity contribution is 9.11. The summed E-state index contributed by atoms with van der Waals surface area (Å²) in [5.41, 5.74) is 20.6. The summed E-state index contributed by atoms with van der Waals surface area (Å²) in [6, 6.07) is 106. The lowest BCUT2D eigenvalue weighted by Crippen LogP contribution is -2.13. The molecule has 2 fully saturated rings. The third kappa shape index (κ3) is 16.2. The van der Waals surface area contributed by atoms with Gasteiger partial charge in [-0.15, -0.1) is 0 Å². The highest BCUT2D eigenvalue weighted by Gasteiger charge is 2.27. The van der Waals surface area contributed by atoms with E-state index < -0.39 is 0 Å². The van der Waals surface area contributed by atoms with Gasteiger partial charge < -0.3 is 0 Å². The van der Waals surface area contributed by atoms with Crippen molar-refractivity contribution in [2.24, 2.45) is 0 Å². The highest BCUT2D eigenvalue weighted by atomic mass is 79.9. The molecule has 0 atom stereocenters. The number of nitrogens with zero attached hydrogens (tertiary/aromatic N) is 2. The van der Waals surface area contributed by atoms with E-state index in [1.54, 1.807) is 11.1 Å². The van der Waals surface area contributed by atoms with Crippen LogP contribution in [0.25, 0.3) is 131 Å². The molecule has 114 heavy (non-hydrogen) atoms. The third-order valence-electron chi connectivity index (χ3n) is 24.4. The number of hydrogen-bond acceptors (Lipinski definition) is 2. The van der Waals surface area contributed by atoms with Crippen LogP contribution in [-0.2, 0) is 21.7 Å². The number of halogens is 2. The quantitative estimate of drug-likeness (QED) is 0.167. The van der Waals surface area contributed by atoms with E-state index in [2.05, 4.69) is 333 Å². The lowest BCUT2D eigenvalue weighted by molar-refractivity contribution is 0.445. The largest absolute Gasteiger partial charge is 0.192 e. The molecule has 2 saturated carbocycles. The zero-order chi connectivity index (χ0) is 79.8. The fourth-order valence-corrected chi connectivity index (χ4v) is 18.9. The van der Waals surface area contributed by atoms with Crippen LogP contribution < -0.4 is 0 Å². The van der Waals surface area contributed by atoms with Crippen molar-refractivity contribution in [2.75, 3.05) is 0 Å². The number of nitriles is 2. The van der Waals surface area contributed by atoms with Gasteiger partial charge in [0.05, 0.1) is 23.3 Å². The van der Waals surface area contributed by atoms with E-state index in [0.29, 0.717) is 11.1 Å². The number of hydrogen-bond donors (Lipinski definition) is 0. The summed E-state index contributed by atoms with van der Waals surface area (Å²) >= 11 is 7.31. The zero-order valence-electron chi connectivity index (χ0n) is 68.4. The predicted molar refractivity (Wildman–Crippen MR) is 499 cm³/mol. The topological polar surface area (TPSA) is 47.6 Å². The summed E-state index contributed by atoms with van der Waals surface area (Å²) in [4.78, 5) is 0. The van der Waals surface area contributed by atoms with Gasteiger partial charge in [0, 0.05) is 19.7 Å². The van der Waals surface area contributed by atoms with Crippen LogP contribution in [0.5, 0.6) is 0 Å². The van der Waals surface area contributed by atoms with Gasteiger partial charge in [0.2, 0.25) is 0 Å². The van der Waals surface area contributed by atoms with Gasteiger partial charge in [0.15, 0.2) is 0 Å². The predicted octanol–water partition coefficient (Wildman–Crippen LogP) is 33.2. The van der Waals surface area contributed by atoms with Crippen molar-refractivity contribution in [2.45, 2.75) is 181 Å². The van der Waals surface area contributed by atoms with Crippen LogP contribution in [-0.4, -0.2) is 0 Å². The van der Waals surface area contributed by atoms with Gasteiger partial charge in [-0.05, 0) is 249 Å². The molecule has 0 unspecified atom stereocenters. The molecular formula is C110H104Br2N2. The molecule has 0 bridgehead atoms. The van der Waals surface area contributed by atoms with E-state index in [-0.39, 0.29) is 21.7 Å². The summed E-state index contributed by atoms with van der Waals surface area (Å²) in [6.07, 6.45) is 13.7. The van der Waals surface area contributed by atoms with Crippen LogP contribution in [0.1, 0.15) is 204 Å². The summed E-state index contributed by atoms with van der Waals surface area (Å²) in [7, 11) is 0. The molecule has 0 aliphatic heterocycles. The molecule has 2 aliphatic rings. The maximum atomic E-state index is 9.35. The Kier molecular flexibility index (Phi) is 22.7. The number of benzene rings is 16. The van der Waals surface area contributed by atoms with Crippen molar-refractivity contribution < 1.29 is 0 Å². The van der Waals surface area contributed by atoms with Gasteiger partial charge in [-0.1, -0.05) is 396 Å². The minimum atomic E-state index is 0.0670.